The lowest BCUT2D eigenvalue weighted by molar-refractivity contribution is 0.0526. The lowest BCUT2D eigenvalue weighted by atomic mass is 9.95. The van der Waals surface area contributed by atoms with Crippen LogP contribution in [-0.4, -0.2) is 31.3 Å². The maximum atomic E-state index is 13.4. The topological polar surface area (TPSA) is 86.2 Å². The third-order valence-electron chi connectivity index (χ3n) is 6.87. The molecule has 0 saturated heterocycles. The highest BCUT2D eigenvalue weighted by Crippen LogP contribution is 2.40. The van der Waals surface area contributed by atoms with E-state index < -0.39 is 0 Å². The van der Waals surface area contributed by atoms with Gasteiger partial charge in [0.25, 0.3) is 5.91 Å². The number of benzene rings is 3. The number of ether oxygens (including phenoxy) is 3. The molecule has 42 heavy (non-hydrogen) atoms. The summed E-state index contributed by atoms with van der Waals surface area (Å²) in [5.74, 6) is 0.754. The average molecular weight is 583 g/mol. The number of esters is 1. The fourth-order valence-corrected chi connectivity index (χ4v) is 6.06. The molecule has 1 aliphatic rings. The first kappa shape index (κ1) is 29.1. The molecular weight excluding hydrogens is 548 g/mol. The van der Waals surface area contributed by atoms with Crippen LogP contribution >= 0.6 is 11.3 Å². The van der Waals surface area contributed by atoms with Crippen LogP contribution in [0.2, 0.25) is 0 Å². The van der Waals surface area contributed by atoms with Crippen LogP contribution in [0.4, 0.5) is 10.7 Å². The van der Waals surface area contributed by atoms with E-state index in [0.717, 1.165) is 53.1 Å². The van der Waals surface area contributed by atoms with Gasteiger partial charge in [0.2, 0.25) is 0 Å². The monoisotopic (exact) mass is 582 g/mol. The molecule has 0 saturated carbocycles. The Kier molecular flexibility index (Phi) is 9.66. The number of rotatable bonds is 11. The fourth-order valence-electron chi connectivity index (χ4n) is 4.83. The van der Waals surface area contributed by atoms with E-state index in [1.165, 1.54) is 4.88 Å². The predicted octanol–water partition coefficient (Wildman–Crippen LogP) is 7.78. The van der Waals surface area contributed by atoms with Crippen LogP contribution in [0.5, 0.6) is 11.5 Å². The zero-order valence-electron chi connectivity index (χ0n) is 23.9. The Morgan fingerprint density at radius 1 is 0.905 bits per heavy atom. The summed E-state index contributed by atoms with van der Waals surface area (Å²) in [6, 6.07) is 22.3. The van der Waals surface area contributed by atoms with Crippen LogP contribution in [0, 0.1) is 0 Å². The molecule has 1 heterocycles. The number of carbonyl (C=O) groups excluding carboxylic acids is 2. The highest BCUT2D eigenvalue weighted by Gasteiger charge is 2.25. The van der Waals surface area contributed by atoms with Gasteiger partial charge < -0.3 is 19.5 Å². The molecule has 1 aliphatic carbocycles. The molecule has 1 amide bonds. The van der Waals surface area contributed by atoms with Gasteiger partial charge in [-0.15, -0.1) is 11.3 Å². The number of hydrogen-bond acceptors (Lipinski definition) is 7. The second kappa shape index (κ2) is 14.0. The number of nitrogens with one attached hydrogen (secondary N) is 1. The van der Waals surface area contributed by atoms with Crippen molar-refractivity contribution in [1.29, 1.82) is 0 Å². The van der Waals surface area contributed by atoms with Crippen LogP contribution in [0.25, 0.3) is 0 Å². The Hall–Kier alpha value is -4.43. The van der Waals surface area contributed by atoms with E-state index in [-0.39, 0.29) is 11.9 Å². The van der Waals surface area contributed by atoms with Gasteiger partial charge in [-0.3, -0.25) is 4.79 Å². The average Bonchev–Trinajstić information content (AvgIpc) is 3.39. The van der Waals surface area contributed by atoms with Gasteiger partial charge in [0.1, 0.15) is 11.6 Å². The first-order chi connectivity index (χ1) is 20.6. The van der Waals surface area contributed by atoms with Gasteiger partial charge in [0.05, 0.1) is 24.3 Å². The number of carbonyl (C=O) groups is 2. The molecule has 8 heteroatoms. The summed E-state index contributed by atoms with van der Waals surface area (Å²) in [4.78, 5) is 31.4. The summed E-state index contributed by atoms with van der Waals surface area (Å²) in [6.45, 7) is 4.84. The van der Waals surface area contributed by atoms with Gasteiger partial charge in [-0.25, -0.2) is 9.79 Å². The molecule has 1 aromatic heterocycles. The molecule has 0 bridgehead atoms. The highest BCUT2D eigenvalue weighted by molar-refractivity contribution is 7.16. The molecule has 7 nitrogen and oxygen atoms in total. The number of aliphatic imine (C=N–C) groups is 1. The smallest absolute Gasteiger partial charge is 0.338 e. The fraction of sp³-hybridized carbons (Fsp3) is 0.265. The lowest BCUT2D eigenvalue weighted by Gasteiger charge is -2.13. The van der Waals surface area contributed by atoms with Gasteiger partial charge in [-0.2, -0.15) is 0 Å². The minimum absolute atomic E-state index is 0.123. The van der Waals surface area contributed by atoms with E-state index in [1.807, 2.05) is 67.6 Å². The Balaban J connectivity index is 1.33. The van der Waals surface area contributed by atoms with E-state index >= 15 is 0 Å². The summed E-state index contributed by atoms with van der Waals surface area (Å²) >= 11 is 1.61. The van der Waals surface area contributed by atoms with Crippen LogP contribution < -0.4 is 14.8 Å². The van der Waals surface area contributed by atoms with E-state index in [1.54, 1.807) is 36.6 Å². The van der Waals surface area contributed by atoms with Crippen LogP contribution in [0.3, 0.4) is 0 Å². The minimum atomic E-state index is -0.340. The van der Waals surface area contributed by atoms with Crippen molar-refractivity contribution >= 4 is 40.1 Å². The number of aryl methyl sites for hydroxylation is 1. The molecule has 0 atom stereocenters. The van der Waals surface area contributed by atoms with E-state index in [0.29, 0.717) is 42.4 Å². The molecular formula is C34H34N2O5S. The van der Waals surface area contributed by atoms with Crippen LogP contribution in [-0.2, 0) is 24.2 Å². The van der Waals surface area contributed by atoms with Gasteiger partial charge in [0.15, 0.2) is 11.5 Å². The van der Waals surface area contributed by atoms with Crippen LogP contribution in [0.15, 0.2) is 77.8 Å². The third-order valence-corrected chi connectivity index (χ3v) is 8.07. The van der Waals surface area contributed by atoms with Crippen molar-refractivity contribution in [3.63, 3.8) is 0 Å². The molecule has 216 valence electrons. The van der Waals surface area contributed by atoms with Gasteiger partial charge in [-0.1, -0.05) is 30.3 Å². The van der Waals surface area contributed by atoms with Crippen molar-refractivity contribution in [2.24, 2.45) is 4.99 Å². The number of fused-ring (bicyclic) bond motifs is 1. The normalized spacial score (nSPS) is 12.5. The molecule has 5 rings (SSSR count). The summed E-state index contributed by atoms with van der Waals surface area (Å²) < 4.78 is 17.0. The summed E-state index contributed by atoms with van der Waals surface area (Å²) in [5, 5.41) is 3.76. The van der Waals surface area contributed by atoms with E-state index in [9.17, 15) is 9.59 Å². The molecule has 3 aromatic carbocycles. The number of amides is 1. The van der Waals surface area contributed by atoms with Crippen molar-refractivity contribution < 1.29 is 23.8 Å². The van der Waals surface area contributed by atoms with Crippen molar-refractivity contribution in [2.75, 3.05) is 18.5 Å². The summed E-state index contributed by atoms with van der Waals surface area (Å²) in [5.41, 5.74) is 4.82. The molecule has 0 fully saturated rings. The predicted molar refractivity (Wildman–Crippen MR) is 167 cm³/mol. The molecule has 1 N–H and O–H groups in total. The zero-order chi connectivity index (χ0) is 29.3. The number of anilines is 1. The number of hydrogen-bond donors (Lipinski definition) is 1. The first-order valence-corrected chi connectivity index (χ1v) is 15.1. The van der Waals surface area contributed by atoms with Crippen molar-refractivity contribution in [1.82, 2.24) is 0 Å². The lowest BCUT2D eigenvalue weighted by Crippen LogP contribution is -2.14. The largest absolute Gasteiger partial charge is 0.490 e. The first-order valence-electron chi connectivity index (χ1n) is 14.3. The van der Waals surface area contributed by atoms with Crippen LogP contribution in [0.1, 0.15) is 69.0 Å². The summed E-state index contributed by atoms with van der Waals surface area (Å²) in [6.07, 6.45) is 5.85. The molecule has 0 radical (unpaired) electrons. The maximum absolute atomic E-state index is 13.4. The Labute approximate surface area is 250 Å². The van der Waals surface area contributed by atoms with Crippen molar-refractivity contribution in [3.05, 3.63) is 105 Å². The van der Waals surface area contributed by atoms with E-state index in [2.05, 4.69) is 5.32 Å². The van der Waals surface area contributed by atoms with Gasteiger partial charge in [0, 0.05) is 16.8 Å². The highest BCUT2D eigenvalue weighted by atomic mass is 32.1. The molecule has 0 aliphatic heterocycles. The number of para-hydroxylation sites is 1. The quantitative estimate of drug-likeness (QED) is 0.144. The third kappa shape index (κ3) is 7.06. The Bertz CT molecular complexity index is 1560. The number of nitrogens with zero attached hydrogens (tertiary/aromatic N) is 1. The zero-order valence-corrected chi connectivity index (χ0v) is 24.7. The molecule has 0 unspecified atom stereocenters. The second-order valence-electron chi connectivity index (χ2n) is 9.81. The number of thiophene rings is 1. The maximum Gasteiger partial charge on any atom is 0.338 e. The Morgan fingerprint density at radius 3 is 2.45 bits per heavy atom. The van der Waals surface area contributed by atoms with E-state index in [4.69, 9.17) is 19.2 Å². The SMILES string of the molecule is CCOC(=O)c1ccc(COc2ccc(C=Nc3sc4c(c3C(=O)Nc3ccccc3)CCCC4)cc2OCC)cc1. The Morgan fingerprint density at radius 2 is 1.69 bits per heavy atom. The minimum Gasteiger partial charge on any atom is -0.490 e. The van der Waals surface area contributed by atoms with Crippen molar-refractivity contribution in [2.45, 2.75) is 46.1 Å². The standard InChI is InChI=1S/C34H34N2O5S/c1-3-39-29-20-24(16-19-28(29)41-22-23-14-17-25(18-15-23)34(38)40-4-2)21-35-33-31(27-12-8-9-13-30(27)42-33)32(37)36-26-10-6-5-7-11-26/h5-7,10-11,14-21H,3-4,8-9,12-13,22H2,1-2H3,(H,36,37). The van der Waals surface area contributed by atoms with Gasteiger partial charge in [-0.05, 0) is 98.7 Å². The summed E-state index contributed by atoms with van der Waals surface area (Å²) in [7, 11) is 0. The molecule has 4 aromatic rings. The van der Waals surface area contributed by atoms with Gasteiger partial charge >= 0.3 is 5.97 Å². The second-order valence-corrected chi connectivity index (χ2v) is 10.9. The van der Waals surface area contributed by atoms with Crippen molar-refractivity contribution in [3.8, 4) is 11.5 Å². The molecule has 0 spiro atoms.